The first-order valence-corrected chi connectivity index (χ1v) is 4.03. The first kappa shape index (κ1) is 11.0. The van der Waals surface area contributed by atoms with Crippen molar-refractivity contribution in [2.45, 2.75) is 6.92 Å². The summed E-state index contributed by atoms with van der Waals surface area (Å²) in [6.45, 7) is 1.62. The molecule has 1 aromatic carbocycles. The predicted octanol–water partition coefficient (Wildman–Crippen LogP) is 1.61. The number of rotatable bonds is 3. The Kier molecular flexibility index (Phi) is 2.89. The molecule has 0 aliphatic rings. The van der Waals surface area contributed by atoms with Gasteiger partial charge >= 0.3 is 5.97 Å². The van der Waals surface area contributed by atoms with E-state index in [0.717, 1.165) is 6.07 Å². The van der Waals surface area contributed by atoms with Crippen molar-refractivity contribution in [3.05, 3.63) is 33.4 Å². The second-order valence-electron chi connectivity index (χ2n) is 2.90. The number of nitrogens with zero attached hydrogens (tertiary/aromatic N) is 1. The molecule has 0 heterocycles. The molecule has 0 aliphatic carbocycles. The van der Waals surface area contributed by atoms with Crippen molar-refractivity contribution in [3.63, 3.8) is 0 Å². The Bertz CT molecular complexity index is 427. The highest BCUT2D eigenvalue weighted by molar-refractivity contribution is 5.93. The van der Waals surface area contributed by atoms with Crippen molar-refractivity contribution < 1.29 is 19.6 Å². The fraction of sp³-hybridized carbons (Fsp3) is 0.222. The molecule has 0 radical (unpaired) electrons. The van der Waals surface area contributed by atoms with Gasteiger partial charge in [-0.2, -0.15) is 0 Å². The van der Waals surface area contributed by atoms with Crippen LogP contribution in [0.5, 0.6) is 5.75 Å². The molecule has 1 aromatic rings. The van der Waals surface area contributed by atoms with Gasteiger partial charge in [0.1, 0.15) is 11.3 Å². The molecule has 0 aliphatic heterocycles. The Morgan fingerprint density at radius 3 is 2.53 bits per heavy atom. The molecule has 0 fully saturated rings. The maximum atomic E-state index is 10.7. The summed E-state index contributed by atoms with van der Waals surface area (Å²) in [5.41, 5.74) is -0.260. The highest BCUT2D eigenvalue weighted by Gasteiger charge is 2.22. The molecule has 1 N–H and O–H groups in total. The molecule has 0 unspecified atom stereocenters. The van der Waals surface area contributed by atoms with Gasteiger partial charge in [0.25, 0.3) is 5.69 Å². The summed E-state index contributed by atoms with van der Waals surface area (Å²) in [6, 6.07) is 2.33. The van der Waals surface area contributed by atoms with Gasteiger partial charge in [-0.15, -0.1) is 0 Å². The summed E-state index contributed by atoms with van der Waals surface area (Å²) in [7, 11) is 1.37. The number of aryl methyl sites for hydroxylation is 1. The molecular formula is C9H9NO5. The normalized spacial score (nSPS) is 9.73. The maximum Gasteiger partial charge on any atom is 0.342 e. The number of nitro groups is 1. The molecule has 0 saturated carbocycles. The number of aromatic carboxylic acids is 1. The van der Waals surface area contributed by atoms with E-state index in [2.05, 4.69) is 0 Å². The minimum Gasteiger partial charge on any atom is -0.496 e. The SMILES string of the molecule is COc1cc([N+](=O)[O-])c(C(=O)O)cc1C. The summed E-state index contributed by atoms with van der Waals surface area (Å²) >= 11 is 0. The largest absolute Gasteiger partial charge is 0.496 e. The van der Waals surface area contributed by atoms with Crippen molar-refractivity contribution in [3.8, 4) is 5.75 Å². The van der Waals surface area contributed by atoms with Crippen LogP contribution in [-0.4, -0.2) is 23.1 Å². The number of hydrogen-bond donors (Lipinski definition) is 1. The van der Waals surface area contributed by atoms with E-state index in [4.69, 9.17) is 9.84 Å². The number of carbonyl (C=O) groups is 1. The smallest absolute Gasteiger partial charge is 0.342 e. The van der Waals surface area contributed by atoms with Crippen LogP contribution in [-0.2, 0) is 0 Å². The Balaban J connectivity index is 3.45. The monoisotopic (exact) mass is 211 g/mol. The van der Waals surface area contributed by atoms with Crippen LogP contribution in [0.15, 0.2) is 12.1 Å². The van der Waals surface area contributed by atoms with Crippen molar-refractivity contribution >= 4 is 11.7 Å². The van der Waals surface area contributed by atoms with Crippen molar-refractivity contribution in [1.82, 2.24) is 0 Å². The Morgan fingerprint density at radius 1 is 1.53 bits per heavy atom. The molecule has 0 bridgehead atoms. The van der Waals surface area contributed by atoms with E-state index in [1.165, 1.54) is 13.2 Å². The zero-order chi connectivity index (χ0) is 11.6. The molecule has 1 rings (SSSR count). The number of benzene rings is 1. The first-order chi connectivity index (χ1) is 6.97. The highest BCUT2D eigenvalue weighted by atomic mass is 16.6. The van der Waals surface area contributed by atoms with Crippen LogP contribution in [0.25, 0.3) is 0 Å². The van der Waals surface area contributed by atoms with E-state index < -0.39 is 16.6 Å². The van der Waals surface area contributed by atoms with Gasteiger partial charge in [-0.3, -0.25) is 10.1 Å². The van der Waals surface area contributed by atoms with Gasteiger partial charge in [0.05, 0.1) is 18.1 Å². The van der Waals surface area contributed by atoms with Crippen LogP contribution in [0.4, 0.5) is 5.69 Å². The van der Waals surface area contributed by atoms with Crippen LogP contribution in [0, 0.1) is 17.0 Å². The standard InChI is InChI=1S/C9H9NO5/c1-5-3-6(9(11)12)7(10(13)14)4-8(5)15-2/h3-4H,1-2H3,(H,11,12). The second kappa shape index (κ2) is 3.95. The van der Waals surface area contributed by atoms with Gasteiger partial charge in [-0.25, -0.2) is 4.79 Å². The van der Waals surface area contributed by atoms with Crippen LogP contribution >= 0.6 is 0 Å². The second-order valence-corrected chi connectivity index (χ2v) is 2.90. The zero-order valence-electron chi connectivity index (χ0n) is 8.18. The third-order valence-corrected chi connectivity index (χ3v) is 1.94. The number of hydrogen-bond acceptors (Lipinski definition) is 4. The van der Waals surface area contributed by atoms with Crippen LogP contribution in [0.3, 0.4) is 0 Å². The fourth-order valence-electron chi connectivity index (χ4n) is 1.22. The molecule has 15 heavy (non-hydrogen) atoms. The fourth-order valence-corrected chi connectivity index (χ4v) is 1.22. The lowest BCUT2D eigenvalue weighted by atomic mass is 10.1. The van der Waals surface area contributed by atoms with E-state index in [1.54, 1.807) is 6.92 Å². The van der Waals surface area contributed by atoms with Crippen LogP contribution < -0.4 is 4.74 Å². The Labute approximate surface area is 85.2 Å². The van der Waals surface area contributed by atoms with E-state index in [0.29, 0.717) is 11.3 Å². The lowest BCUT2D eigenvalue weighted by molar-refractivity contribution is -0.385. The number of carboxylic acid groups (broad SMARTS) is 1. The van der Waals surface area contributed by atoms with Crippen molar-refractivity contribution in [1.29, 1.82) is 0 Å². The molecule has 0 saturated heterocycles. The van der Waals surface area contributed by atoms with E-state index in [-0.39, 0.29) is 5.56 Å². The molecule has 0 aromatic heterocycles. The van der Waals surface area contributed by atoms with Crippen LogP contribution in [0.1, 0.15) is 15.9 Å². The van der Waals surface area contributed by atoms with Gasteiger partial charge < -0.3 is 9.84 Å². The third kappa shape index (κ3) is 2.04. The average molecular weight is 211 g/mol. The molecule has 6 heteroatoms. The number of ether oxygens (including phenoxy) is 1. The summed E-state index contributed by atoms with van der Waals surface area (Å²) < 4.78 is 4.87. The first-order valence-electron chi connectivity index (χ1n) is 4.03. The summed E-state index contributed by atoms with van der Waals surface area (Å²) in [6.07, 6.45) is 0. The molecule has 0 amide bonds. The van der Waals surface area contributed by atoms with Crippen LogP contribution in [0.2, 0.25) is 0 Å². The minimum absolute atomic E-state index is 0.298. The molecule has 6 nitrogen and oxygen atoms in total. The molecule has 0 atom stereocenters. The van der Waals surface area contributed by atoms with E-state index in [1.807, 2.05) is 0 Å². The topological polar surface area (TPSA) is 89.7 Å². The third-order valence-electron chi connectivity index (χ3n) is 1.94. The van der Waals surface area contributed by atoms with Crippen molar-refractivity contribution in [2.75, 3.05) is 7.11 Å². The number of methoxy groups -OCH3 is 1. The quantitative estimate of drug-likeness (QED) is 0.605. The molecular weight excluding hydrogens is 202 g/mol. The van der Waals surface area contributed by atoms with E-state index in [9.17, 15) is 14.9 Å². The van der Waals surface area contributed by atoms with Crippen molar-refractivity contribution in [2.24, 2.45) is 0 Å². The Morgan fingerprint density at radius 2 is 2.13 bits per heavy atom. The predicted molar refractivity (Wildman–Crippen MR) is 51.3 cm³/mol. The number of nitro benzene ring substituents is 1. The Hall–Kier alpha value is -2.11. The van der Waals surface area contributed by atoms with Gasteiger partial charge in [-0.1, -0.05) is 0 Å². The number of carboxylic acids is 1. The summed E-state index contributed by atoms with van der Waals surface area (Å²) in [4.78, 5) is 20.6. The average Bonchev–Trinajstić information content (AvgIpc) is 2.16. The summed E-state index contributed by atoms with van der Waals surface area (Å²) in [5, 5.41) is 19.3. The highest BCUT2D eigenvalue weighted by Crippen LogP contribution is 2.28. The van der Waals surface area contributed by atoms with Gasteiger partial charge in [0.15, 0.2) is 0 Å². The molecule has 80 valence electrons. The van der Waals surface area contributed by atoms with Gasteiger partial charge in [-0.05, 0) is 18.6 Å². The van der Waals surface area contributed by atoms with E-state index >= 15 is 0 Å². The summed E-state index contributed by atoms with van der Waals surface area (Å²) in [5.74, 6) is -1.03. The molecule has 0 spiro atoms. The lowest BCUT2D eigenvalue weighted by Crippen LogP contribution is -2.04. The minimum atomic E-state index is -1.33. The van der Waals surface area contributed by atoms with Gasteiger partial charge in [0, 0.05) is 0 Å². The zero-order valence-corrected chi connectivity index (χ0v) is 8.18. The van der Waals surface area contributed by atoms with Gasteiger partial charge in [0.2, 0.25) is 0 Å². The lowest BCUT2D eigenvalue weighted by Gasteiger charge is -2.05. The maximum absolute atomic E-state index is 10.7.